The molecule has 0 aliphatic rings. The maximum atomic E-state index is 9.73. The molecule has 0 radical (unpaired) electrons. The zero-order valence-electron chi connectivity index (χ0n) is 7.96. The normalized spacial score (nSPS) is 22.4. The molecular formula is C9H20O2. The maximum Gasteiger partial charge on any atom is 0.0667 e. The van der Waals surface area contributed by atoms with Crippen LogP contribution in [0.5, 0.6) is 0 Å². The Hall–Kier alpha value is -0.0800. The Kier molecular flexibility index (Phi) is 4.04. The zero-order valence-corrected chi connectivity index (χ0v) is 7.96. The van der Waals surface area contributed by atoms with Gasteiger partial charge in [-0.25, -0.2) is 0 Å². The topological polar surface area (TPSA) is 40.5 Å². The molecule has 0 aliphatic carbocycles. The third-order valence-corrected chi connectivity index (χ3v) is 2.69. The molecule has 2 nitrogen and oxygen atoms in total. The molecule has 0 aromatic carbocycles. The van der Waals surface area contributed by atoms with E-state index in [1.165, 1.54) is 0 Å². The average Bonchev–Trinajstić information content (AvgIpc) is 2.01. The maximum absolute atomic E-state index is 9.73. The Balaban J connectivity index is 4.10. The lowest BCUT2D eigenvalue weighted by molar-refractivity contribution is -0.0539. The molecule has 0 aliphatic heterocycles. The van der Waals surface area contributed by atoms with Crippen molar-refractivity contribution in [2.75, 3.05) is 0 Å². The van der Waals surface area contributed by atoms with Gasteiger partial charge in [-0.15, -0.1) is 0 Å². The Morgan fingerprint density at radius 1 is 1.36 bits per heavy atom. The summed E-state index contributed by atoms with van der Waals surface area (Å²) in [6.45, 7) is 7.51. The monoisotopic (exact) mass is 160 g/mol. The van der Waals surface area contributed by atoms with Crippen molar-refractivity contribution in [2.24, 2.45) is 5.92 Å². The van der Waals surface area contributed by atoms with Crippen LogP contribution in [0, 0.1) is 5.92 Å². The molecule has 0 rings (SSSR count). The van der Waals surface area contributed by atoms with Crippen LogP contribution in [0.3, 0.4) is 0 Å². The van der Waals surface area contributed by atoms with Crippen molar-refractivity contribution in [1.82, 2.24) is 0 Å². The first kappa shape index (κ1) is 10.9. The smallest absolute Gasteiger partial charge is 0.0667 e. The van der Waals surface area contributed by atoms with Crippen molar-refractivity contribution >= 4 is 0 Å². The van der Waals surface area contributed by atoms with Crippen LogP contribution in [0.25, 0.3) is 0 Å². The number of aliphatic hydroxyl groups is 2. The van der Waals surface area contributed by atoms with Gasteiger partial charge in [-0.1, -0.05) is 20.8 Å². The van der Waals surface area contributed by atoms with E-state index in [2.05, 4.69) is 0 Å². The molecule has 0 heterocycles. The quantitative estimate of drug-likeness (QED) is 0.655. The third-order valence-electron chi connectivity index (χ3n) is 2.69. The summed E-state index contributed by atoms with van der Waals surface area (Å²) in [5.74, 6) is -0.0440. The Labute approximate surface area is 69.2 Å². The molecule has 68 valence electrons. The van der Waals surface area contributed by atoms with Crippen molar-refractivity contribution in [3.63, 3.8) is 0 Å². The largest absolute Gasteiger partial charge is 0.393 e. The van der Waals surface area contributed by atoms with E-state index in [9.17, 15) is 10.2 Å². The van der Waals surface area contributed by atoms with Crippen molar-refractivity contribution in [2.45, 2.75) is 52.2 Å². The van der Waals surface area contributed by atoms with Gasteiger partial charge < -0.3 is 10.2 Å². The van der Waals surface area contributed by atoms with Crippen LogP contribution in [-0.2, 0) is 0 Å². The lowest BCUT2D eigenvalue weighted by Crippen LogP contribution is -2.39. The van der Waals surface area contributed by atoms with E-state index < -0.39 is 5.60 Å². The summed E-state index contributed by atoms with van der Waals surface area (Å²) in [6.07, 6.45) is 1.01. The van der Waals surface area contributed by atoms with Crippen LogP contribution < -0.4 is 0 Å². The summed E-state index contributed by atoms with van der Waals surface area (Å²) in [5, 5.41) is 19.2. The number of aliphatic hydroxyl groups excluding tert-OH is 1. The van der Waals surface area contributed by atoms with Gasteiger partial charge in [-0.05, 0) is 19.8 Å². The van der Waals surface area contributed by atoms with Crippen molar-refractivity contribution in [1.29, 1.82) is 0 Å². The SMILES string of the molecule is CC[C@@H](O)[C@H](C)[C@@](C)(O)CC. The van der Waals surface area contributed by atoms with E-state index in [1.54, 1.807) is 6.92 Å². The highest BCUT2D eigenvalue weighted by molar-refractivity contribution is 4.81. The van der Waals surface area contributed by atoms with Gasteiger partial charge in [-0.3, -0.25) is 0 Å². The van der Waals surface area contributed by atoms with E-state index in [4.69, 9.17) is 0 Å². The highest BCUT2D eigenvalue weighted by Gasteiger charge is 2.30. The minimum Gasteiger partial charge on any atom is -0.393 e. The first-order valence-electron chi connectivity index (χ1n) is 4.36. The van der Waals surface area contributed by atoms with Gasteiger partial charge in [-0.2, -0.15) is 0 Å². The van der Waals surface area contributed by atoms with Crippen LogP contribution in [0.1, 0.15) is 40.5 Å². The molecule has 2 N–H and O–H groups in total. The third kappa shape index (κ3) is 2.80. The second-order valence-electron chi connectivity index (χ2n) is 3.47. The lowest BCUT2D eigenvalue weighted by Gasteiger charge is -2.32. The molecule has 0 spiro atoms. The van der Waals surface area contributed by atoms with Gasteiger partial charge in [0.1, 0.15) is 0 Å². The average molecular weight is 160 g/mol. The molecule has 11 heavy (non-hydrogen) atoms. The zero-order chi connectivity index (χ0) is 9.07. The van der Waals surface area contributed by atoms with Gasteiger partial charge in [0, 0.05) is 5.92 Å². The van der Waals surface area contributed by atoms with Crippen LogP contribution in [0.2, 0.25) is 0 Å². The fourth-order valence-electron chi connectivity index (χ4n) is 1.09. The van der Waals surface area contributed by atoms with Gasteiger partial charge in [0.05, 0.1) is 11.7 Å². The van der Waals surface area contributed by atoms with Gasteiger partial charge in [0.25, 0.3) is 0 Å². The van der Waals surface area contributed by atoms with Gasteiger partial charge in [0.15, 0.2) is 0 Å². The van der Waals surface area contributed by atoms with Crippen molar-refractivity contribution in [3.05, 3.63) is 0 Å². The predicted octanol–water partition coefficient (Wildman–Crippen LogP) is 1.55. The molecule has 2 heteroatoms. The molecule has 0 amide bonds. The standard InChI is InChI=1S/C9H20O2/c1-5-8(10)7(3)9(4,11)6-2/h7-8,10-11H,5-6H2,1-4H3/t7-,8+,9-/m0/s1. The highest BCUT2D eigenvalue weighted by atomic mass is 16.3. The summed E-state index contributed by atoms with van der Waals surface area (Å²) in [7, 11) is 0. The van der Waals surface area contributed by atoms with E-state index in [-0.39, 0.29) is 12.0 Å². The summed E-state index contributed by atoms with van der Waals surface area (Å²) >= 11 is 0. The fraction of sp³-hybridized carbons (Fsp3) is 1.00. The van der Waals surface area contributed by atoms with E-state index >= 15 is 0 Å². The van der Waals surface area contributed by atoms with E-state index in [1.807, 2.05) is 20.8 Å². The molecule has 0 aromatic heterocycles. The summed E-state index contributed by atoms with van der Waals surface area (Å²) in [5.41, 5.74) is -0.727. The van der Waals surface area contributed by atoms with Crippen LogP contribution in [-0.4, -0.2) is 21.9 Å². The second kappa shape index (κ2) is 4.07. The van der Waals surface area contributed by atoms with Crippen molar-refractivity contribution in [3.8, 4) is 0 Å². The van der Waals surface area contributed by atoms with Crippen LogP contribution in [0.4, 0.5) is 0 Å². The second-order valence-corrected chi connectivity index (χ2v) is 3.47. The van der Waals surface area contributed by atoms with E-state index in [0.29, 0.717) is 12.8 Å². The van der Waals surface area contributed by atoms with Gasteiger partial charge >= 0.3 is 0 Å². The summed E-state index contributed by atoms with van der Waals surface area (Å²) in [6, 6.07) is 0. The lowest BCUT2D eigenvalue weighted by atomic mass is 9.83. The molecule has 0 fully saturated rings. The van der Waals surface area contributed by atoms with Gasteiger partial charge in [0.2, 0.25) is 0 Å². The molecule has 0 saturated carbocycles. The molecular weight excluding hydrogens is 140 g/mol. The molecule has 0 bridgehead atoms. The van der Waals surface area contributed by atoms with E-state index in [0.717, 1.165) is 0 Å². The highest BCUT2D eigenvalue weighted by Crippen LogP contribution is 2.24. The first-order valence-corrected chi connectivity index (χ1v) is 4.36. The first-order chi connectivity index (χ1) is 4.95. The minimum atomic E-state index is -0.727. The molecule has 0 unspecified atom stereocenters. The fourth-order valence-corrected chi connectivity index (χ4v) is 1.09. The summed E-state index contributed by atoms with van der Waals surface area (Å²) < 4.78 is 0. The van der Waals surface area contributed by atoms with Crippen molar-refractivity contribution < 1.29 is 10.2 Å². The molecule has 3 atom stereocenters. The molecule has 0 aromatic rings. The number of hydrogen-bond acceptors (Lipinski definition) is 2. The molecule has 0 saturated heterocycles. The number of rotatable bonds is 4. The van der Waals surface area contributed by atoms with Crippen LogP contribution >= 0.6 is 0 Å². The predicted molar refractivity (Wildman–Crippen MR) is 46.4 cm³/mol. The Morgan fingerprint density at radius 2 is 1.82 bits per heavy atom. The Morgan fingerprint density at radius 3 is 2.09 bits per heavy atom. The number of hydrogen-bond donors (Lipinski definition) is 2. The Bertz CT molecular complexity index is 110. The van der Waals surface area contributed by atoms with Crippen LogP contribution in [0.15, 0.2) is 0 Å². The summed E-state index contributed by atoms with van der Waals surface area (Å²) in [4.78, 5) is 0. The minimum absolute atomic E-state index is 0.0440.